The van der Waals surface area contributed by atoms with Gasteiger partial charge in [-0.15, -0.1) is 0 Å². The summed E-state index contributed by atoms with van der Waals surface area (Å²) in [5, 5.41) is 8.74. The molecule has 0 aliphatic carbocycles. The van der Waals surface area contributed by atoms with Crippen LogP contribution in [0.1, 0.15) is 16.9 Å². The summed E-state index contributed by atoms with van der Waals surface area (Å²) in [6, 6.07) is 12.4. The van der Waals surface area contributed by atoms with Crippen LogP contribution in [0.4, 0.5) is 4.79 Å². The van der Waals surface area contributed by atoms with Crippen LogP contribution in [0.15, 0.2) is 50.4 Å². The monoisotopic (exact) mass is 388 g/mol. The van der Waals surface area contributed by atoms with Gasteiger partial charge in [-0.1, -0.05) is 18.2 Å². The molecule has 1 fully saturated rings. The largest absolute Gasteiger partial charge is 0.450 e. The molecule has 2 heterocycles. The Bertz CT molecular complexity index is 866. The van der Waals surface area contributed by atoms with Crippen LogP contribution in [0.2, 0.25) is 0 Å². The van der Waals surface area contributed by atoms with Gasteiger partial charge in [0.25, 0.3) is 11.1 Å². The molecule has 2 aromatic rings. The summed E-state index contributed by atoms with van der Waals surface area (Å²) < 4.78 is 5.87. The molecule has 114 valence electrons. The van der Waals surface area contributed by atoms with E-state index in [1.165, 1.54) is 6.08 Å². The summed E-state index contributed by atoms with van der Waals surface area (Å²) in [4.78, 5) is 25.9. The number of amides is 2. The predicted molar refractivity (Wildman–Crippen MR) is 89.1 cm³/mol. The summed E-state index contributed by atoms with van der Waals surface area (Å²) in [6.07, 6.45) is 1.53. The average Bonchev–Trinajstić information content (AvgIpc) is 3.06. The summed E-state index contributed by atoms with van der Waals surface area (Å²) in [6.45, 7) is 0.0770. The molecule has 3 rings (SSSR count). The van der Waals surface area contributed by atoms with Gasteiger partial charge in [0.05, 0.1) is 23.1 Å². The van der Waals surface area contributed by atoms with E-state index in [-0.39, 0.29) is 17.7 Å². The van der Waals surface area contributed by atoms with Crippen molar-refractivity contribution in [2.24, 2.45) is 0 Å². The SMILES string of the molecule is N#Cc1ccccc1CN1C(=O)SC(=Cc2ccc(Br)o2)C1=O. The van der Waals surface area contributed by atoms with Crippen LogP contribution in [0.25, 0.3) is 6.08 Å². The fraction of sp³-hybridized carbons (Fsp3) is 0.0625. The third-order valence-corrected chi connectivity index (χ3v) is 4.54. The van der Waals surface area contributed by atoms with E-state index < -0.39 is 0 Å². The Hall–Kier alpha value is -2.30. The molecule has 0 spiro atoms. The van der Waals surface area contributed by atoms with Crippen LogP contribution in [-0.4, -0.2) is 16.0 Å². The first-order valence-electron chi connectivity index (χ1n) is 6.57. The van der Waals surface area contributed by atoms with Gasteiger partial charge in [-0.25, -0.2) is 0 Å². The van der Waals surface area contributed by atoms with E-state index in [0.29, 0.717) is 26.5 Å². The van der Waals surface area contributed by atoms with E-state index >= 15 is 0 Å². The van der Waals surface area contributed by atoms with E-state index in [1.54, 1.807) is 36.4 Å². The van der Waals surface area contributed by atoms with Crippen molar-refractivity contribution in [1.82, 2.24) is 4.90 Å². The van der Waals surface area contributed by atoms with E-state index in [4.69, 9.17) is 9.68 Å². The molecule has 1 aliphatic heterocycles. The lowest BCUT2D eigenvalue weighted by atomic mass is 10.1. The number of halogens is 1. The Morgan fingerprint density at radius 3 is 2.74 bits per heavy atom. The maximum absolute atomic E-state index is 12.4. The van der Waals surface area contributed by atoms with Crippen molar-refractivity contribution in [3.8, 4) is 6.07 Å². The molecule has 2 amide bonds. The van der Waals surface area contributed by atoms with E-state index in [2.05, 4.69) is 22.0 Å². The Morgan fingerprint density at radius 1 is 1.26 bits per heavy atom. The number of benzene rings is 1. The number of thioether (sulfide) groups is 1. The lowest BCUT2D eigenvalue weighted by molar-refractivity contribution is -0.123. The second-order valence-electron chi connectivity index (χ2n) is 4.68. The first-order chi connectivity index (χ1) is 11.1. The van der Waals surface area contributed by atoms with Crippen molar-refractivity contribution in [3.05, 3.63) is 62.9 Å². The predicted octanol–water partition coefficient (Wildman–Crippen LogP) is 4.15. The van der Waals surface area contributed by atoms with Gasteiger partial charge < -0.3 is 4.42 Å². The fourth-order valence-corrected chi connectivity index (χ4v) is 3.25. The first-order valence-corrected chi connectivity index (χ1v) is 8.18. The number of imide groups is 1. The molecular weight excluding hydrogens is 380 g/mol. The average molecular weight is 389 g/mol. The number of nitrogens with zero attached hydrogens (tertiary/aromatic N) is 2. The normalized spacial score (nSPS) is 16.2. The highest BCUT2D eigenvalue weighted by atomic mass is 79.9. The standard InChI is InChI=1S/C16H9BrN2O3S/c17-14-6-5-12(22-14)7-13-15(20)19(16(21)23-13)9-11-4-2-1-3-10(11)8-18/h1-7H,9H2. The molecule has 0 saturated carbocycles. The quantitative estimate of drug-likeness (QED) is 0.738. The molecule has 1 saturated heterocycles. The van der Waals surface area contributed by atoms with Crippen molar-refractivity contribution in [1.29, 1.82) is 5.26 Å². The van der Waals surface area contributed by atoms with Gasteiger partial charge in [-0.2, -0.15) is 5.26 Å². The van der Waals surface area contributed by atoms with Crippen molar-refractivity contribution in [2.75, 3.05) is 0 Å². The van der Waals surface area contributed by atoms with Crippen molar-refractivity contribution in [2.45, 2.75) is 6.54 Å². The van der Waals surface area contributed by atoms with Crippen molar-refractivity contribution in [3.63, 3.8) is 0 Å². The number of carbonyl (C=O) groups excluding carboxylic acids is 2. The minimum Gasteiger partial charge on any atom is -0.450 e. The zero-order valence-corrected chi connectivity index (χ0v) is 14.1. The number of nitriles is 1. The molecule has 0 N–H and O–H groups in total. The van der Waals surface area contributed by atoms with Gasteiger partial charge in [0.15, 0.2) is 4.67 Å². The van der Waals surface area contributed by atoms with Crippen LogP contribution < -0.4 is 0 Å². The minimum atomic E-state index is -0.389. The van der Waals surface area contributed by atoms with Gasteiger partial charge in [0, 0.05) is 6.08 Å². The summed E-state index contributed by atoms with van der Waals surface area (Å²) >= 11 is 4.04. The van der Waals surface area contributed by atoms with Crippen LogP contribution in [0.5, 0.6) is 0 Å². The molecule has 7 heteroatoms. The zero-order valence-electron chi connectivity index (χ0n) is 11.7. The molecule has 1 aliphatic rings. The van der Waals surface area contributed by atoms with E-state index in [0.717, 1.165) is 16.7 Å². The third-order valence-electron chi connectivity index (χ3n) is 3.21. The maximum atomic E-state index is 12.4. The maximum Gasteiger partial charge on any atom is 0.293 e. The van der Waals surface area contributed by atoms with Gasteiger partial charge in [-0.3, -0.25) is 14.5 Å². The topological polar surface area (TPSA) is 74.3 Å². The smallest absolute Gasteiger partial charge is 0.293 e. The third kappa shape index (κ3) is 3.23. The van der Waals surface area contributed by atoms with Crippen molar-refractivity contribution >= 4 is 44.9 Å². The van der Waals surface area contributed by atoms with Gasteiger partial charge in [0.1, 0.15) is 5.76 Å². The Kier molecular flexibility index (Phi) is 4.37. The Balaban J connectivity index is 1.85. The summed E-state index contributed by atoms with van der Waals surface area (Å²) in [7, 11) is 0. The molecule has 0 radical (unpaired) electrons. The van der Waals surface area contributed by atoms with Crippen molar-refractivity contribution < 1.29 is 14.0 Å². The number of carbonyl (C=O) groups is 2. The molecule has 0 unspecified atom stereocenters. The highest BCUT2D eigenvalue weighted by Gasteiger charge is 2.35. The van der Waals surface area contributed by atoms with Crippen LogP contribution in [-0.2, 0) is 11.3 Å². The molecule has 1 aromatic heterocycles. The number of furan rings is 1. The number of hydrogen-bond donors (Lipinski definition) is 0. The number of rotatable bonds is 3. The summed E-state index contributed by atoms with van der Waals surface area (Å²) in [5.41, 5.74) is 1.09. The lowest BCUT2D eigenvalue weighted by Crippen LogP contribution is -2.27. The van der Waals surface area contributed by atoms with Crippen LogP contribution in [0.3, 0.4) is 0 Å². The zero-order chi connectivity index (χ0) is 16.4. The Labute approximate surface area is 144 Å². The highest BCUT2D eigenvalue weighted by molar-refractivity contribution is 9.10. The molecule has 1 aromatic carbocycles. The first kappa shape index (κ1) is 15.6. The minimum absolute atomic E-state index is 0.0770. The summed E-state index contributed by atoms with van der Waals surface area (Å²) in [5.74, 6) is 0.0973. The number of hydrogen-bond acceptors (Lipinski definition) is 5. The van der Waals surface area contributed by atoms with E-state index in [1.807, 2.05) is 0 Å². The van der Waals surface area contributed by atoms with Gasteiger partial charge >= 0.3 is 0 Å². The Morgan fingerprint density at radius 2 is 2.04 bits per heavy atom. The molecule has 5 nitrogen and oxygen atoms in total. The molecule has 23 heavy (non-hydrogen) atoms. The second-order valence-corrected chi connectivity index (χ2v) is 6.45. The second kappa shape index (κ2) is 6.44. The van der Waals surface area contributed by atoms with Crippen LogP contribution in [0, 0.1) is 11.3 Å². The fourth-order valence-electron chi connectivity index (χ4n) is 2.11. The van der Waals surface area contributed by atoms with Crippen LogP contribution >= 0.6 is 27.7 Å². The lowest BCUT2D eigenvalue weighted by Gasteiger charge is -2.13. The molecule has 0 bridgehead atoms. The van der Waals surface area contributed by atoms with Gasteiger partial charge in [-0.05, 0) is 51.5 Å². The van der Waals surface area contributed by atoms with E-state index in [9.17, 15) is 9.59 Å². The molecular formula is C16H9BrN2O3S. The van der Waals surface area contributed by atoms with Gasteiger partial charge in [0.2, 0.25) is 0 Å². The highest BCUT2D eigenvalue weighted by Crippen LogP contribution is 2.34. The molecule has 0 atom stereocenters.